The van der Waals surface area contributed by atoms with E-state index < -0.39 is 28.5 Å². The van der Waals surface area contributed by atoms with Gasteiger partial charge in [-0.3, -0.25) is 13.9 Å². The van der Waals surface area contributed by atoms with Gasteiger partial charge in [0.05, 0.1) is 24.3 Å². The van der Waals surface area contributed by atoms with Gasteiger partial charge < -0.3 is 19.7 Å². The van der Waals surface area contributed by atoms with E-state index in [-0.39, 0.29) is 29.1 Å². The largest absolute Gasteiger partial charge is 0.497 e. The number of hydrogen-bond acceptors (Lipinski definition) is 7. The van der Waals surface area contributed by atoms with Gasteiger partial charge in [-0.2, -0.15) is 0 Å². The second-order valence-corrected chi connectivity index (χ2v) is 13.6. The number of methoxy groups -OCH3 is 1. The molecular formula is C34H43N3O6S2. The number of rotatable bonds is 15. The van der Waals surface area contributed by atoms with Gasteiger partial charge in [-0.1, -0.05) is 44.0 Å². The summed E-state index contributed by atoms with van der Waals surface area (Å²) in [5.74, 6) is 0.266. The van der Waals surface area contributed by atoms with Crippen molar-refractivity contribution in [3.63, 3.8) is 0 Å². The highest BCUT2D eigenvalue weighted by molar-refractivity contribution is 7.98. The molecule has 1 N–H and O–H groups in total. The summed E-state index contributed by atoms with van der Waals surface area (Å²) in [5.41, 5.74) is 1.03. The molecule has 0 heterocycles. The van der Waals surface area contributed by atoms with Crippen LogP contribution in [-0.4, -0.2) is 63.7 Å². The maximum Gasteiger partial charge on any atom is 0.264 e. The normalized spacial score (nSPS) is 14.0. The average Bonchev–Trinajstić information content (AvgIpc) is 3.57. The Labute approximate surface area is 271 Å². The van der Waals surface area contributed by atoms with Crippen LogP contribution in [0.2, 0.25) is 0 Å². The molecule has 1 aliphatic rings. The minimum atomic E-state index is -4.22. The summed E-state index contributed by atoms with van der Waals surface area (Å²) in [5, 5.41) is 3.14. The molecule has 9 nitrogen and oxygen atoms in total. The van der Waals surface area contributed by atoms with Gasteiger partial charge in [0.25, 0.3) is 10.0 Å². The summed E-state index contributed by atoms with van der Waals surface area (Å²) in [6, 6.07) is 19.9. The van der Waals surface area contributed by atoms with Crippen LogP contribution in [0.1, 0.15) is 51.5 Å². The monoisotopic (exact) mass is 653 g/mol. The second kappa shape index (κ2) is 16.0. The molecule has 0 saturated heterocycles. The molecule has 0 radical (unpaired) electrons. The Balaban J connectivity index is 1.75. The van der Waals surface area contributed by atoms with Crippen LogP contribution >= 0.6 is 11.8 Å². The third-order valence-corrected chi connectivity index (χ3v) is 10.5. The van der Waals surface area contributed by atoms with Gasteiger partial charge in [0.2, 0.25) is 11.8 Å². The maximum absolute atomic E-state index is 14.4. The smallest absolute Gasteiger partial charge is 0.264 e. The number of benzene rings is 3. The lowest BCUT2D eigenvalue weighted by molar-refractivity contribution is -0.140. The van der Waals surface area contributed by atoms with Gasteiger partial charge in [-0.25, -0.2) is 8.42 Å². The number of nitrogens with zero attached hydrogens (tertiary/aromatic N) is 2. The molecule has 1 atom stereocenters. The summed E-state index contributed by atoms with van der Waals surface area (Å²) in [4.78, 5) is 30.5. The maximum atomic E-state index is 14.4. The molecule has 1 saturated carbocycles. The van der Waals surface area contributed by atoms with Crippen molar-refractivity contribution in [1.29, 1.82) is 0 Å². The first-order chi connectivity index (χ1) is 21.7. The van der Waals surface area contributed by atoms with Crippen LogP contribution in [0.3, 0.4) is 0 Å². The fourth-order valence-electron chi connectivity index (χ4n) is 5.54. The van der Waals surface area contributed by atoms with Gasteiger partial charge in [-0.05, 0) is 86.5 Å². The van der Waals surface area contributed by atoms with Gasteiger partial charge in [0, 0.05) is 17.5 Å². The Morgan fingerprint density at radius 1 is 0.978 bits per heavy atom. The number of amides is 2. The van der Waals surface area contributed by atoms with Crippen LogP contribution < -0.4 is 19.1 Å². The van der Waals surface area contributed by atoms with Crippen LogP contribution in [0.25, 0.3) is 0 Å². The number of carbonyl (C=O) groups excluding carboxylic acids is 2. The fraction of sp³-hybridized carbons (Fsp3) is 0.412. The zero-order chi connectivity index (χ0) is 32.4. The van der Waals surface area contributed by atoms with Crippen LogP contribution in [0, 0.1) is 0 Å². The summed E-state index contributed by atoms with van der Waals surface area (Å²) in [6.45, 7) is 3.57. The predicted molar refractivity (Wildman–Crippen MR) is 178 cm³/mol. The SMILES string of the molecule is CCOc1ccccc1N(CC(=O)N(Cc1ccc(OC)cc1)[C@H](CC)C(=O)NC1CCCC1)S(=O)(=O)c1ccc(SC)cc1. The molecule has 242 valence electrons. The Kier molecular flexibility index (Phi) is 12.2. The summed E-state index contributed by atoms with van der Waals surface area (Å²) in [6.07, 6.45) is 6.20. The van der Waals surface area contributed by atoms with Crippen molar-refractivity contribution >= 4 is 39.3 Å². The van der Waals surface area contributed by atoms with E-state index >= 15 is 0 Å². The van der Waals surface area contributed by atoms with Crippen molar-refractivity contribution in [3.05, 3.63) is 78.4 Å². The Bertz CT molecular complexity index is 1520. The third kappa shape index (κ3) is 8.52. The lowest BCUT2D eigenvalue weighted by atomic mass is 10.1. The van der Waals surface area contributed by atoms with Crippen LogP contribution in [0.15, 0.2) is 82.6 Å². The highest BCUT2D eigenvalue weighted by Crippen LogP contribution is 2.33. The first kappa shape index (κ1) is 34.2. The van der Waals surface area contributed by atoms with E-state index in [0.717, 1.165) is 40.4 Å². The molecule has 4 rings (SSSR count). The highest BCUT2D eigenvalue weighted by Gasteiger charge is 2.35. The average molecular weight is 654 g/mol. The van der Waals surface area contributed by atoms with Crippen molar-refractivity contribution < 1.29 is 27.5 Å². The zero-order valence-electron chi connectivity index (χ0n) is 26.4. The molecule has 0 unspecified atom stereocenters. The standard InChI is InChI=1S/C34H43N3O6S2/c1-5-30(34(39)35-26-11-7-8-12-26)36(23-25-15-17-27(42-3)18-16-25)33(38)24-37(31-13-9-10-14-32(31)43-6-2)45(40,41)29-21-19-28(44-4)20-22-29/h9-10,13-22,26,30H,5-8,11-12,23-24H2,1-4H3,(H,35,39)/t30-/m1/s1. The molecule has 0 aliphatic heterocycles. The molecule has 45 heavy (non-hydrogen) atoms. The molecule has 0 bridgehead atoms. The van der Waals surface area contributed by atoms with E-state index in [1.54, 1.807) is 67.8 Å². The molecule has 3 aromatic carbocycles. The number of thioether (sulfide) groups is 1. The molecule has 3 aromatic rings. The van der Waals surface area contributed by atoms with Gasteiger partial charge in [0.1, 0.15) is 24.1 Å². The number of ether oxygens (including phenoxy) is 2. The second-order valence-electron chi connectivity index (χ2n) is 10.9. The van der Waals surface area contributed by atoms with E-state index in [9.17, 15) is 18.0 Å². The van der Waals surface area contributed by atoms with Gasteiger partial charge in [-0.15, -0.1) is 11.8 Å². The number of para-hydroxylation sites is 2. The van der Waals surface area contributed by atoms with Crippen molar-refractivity contribution in [3.8, 4) is 11.5 Å². The summed E-state index contributed by atoms with van der Waals surface area (Å²) in [7, 11) is -2.64. The van der Waals surface area contributed by atoms with Crippen LogP contribution in [-0.2, 0) is 26.2 Å². The summed E-state index contributed by atoms with van der Waals surface area (Å²) >= 11 is 1.50. The molecular weight excluding hydrogens is 611 g/mol. The fourth-order valence-corrected chi connectivity index (χ4v) is 7.38. The molecule has 2 amide bonds. The number of anilines is 1. The van der Waals surface area contributed by atoms with E-state index in [4.69, 9.17) is 9.47 Å². The number of carbonyl (C=O) groups is 2. The molecule has 11 heteroatoms. The lowest BCUT2D eigenvalue weighted by Gasteiger charge is -2.34. The van der Waals surface area contributed by atoms with Crippen LogP contribution in [0.4, 0.5) is 5.69 Å². The van der Waals surface area contributed by atoms with E-state index in [2.05, 4.69) is 5.32 Å². The lowest BCUT2D eigenvalue weighted by Crippen LogP contribution is -2.53. The molecule has 0 aromatic heterocycles. The Hall–Kier alpha value is -3.70. The van der Waals surface area contributed by atoms with E-state index in [1.165, 1.54) is 16.7 Å². The van der Waals surface area contributed by atoms with E-state index in [1.807, 2.05) is 32.2 Å². The highest BCUT2D eigenvalue weighted by atomic mass is 32.2. The predicted octanol–water partition coefficient (Wildman–Crippen LogP) is 5.88. The molecule has 1 aliphatic carbocycles. The van der Waals surface area contributed by atoms with E-state index in [0.29, 0.717) is 24.5 Å². The minimum Gasteiger partial charge on any atom is -0.497 e. The van der Waals surface area contributed by atoms with Crippen molar-refractivity contribution in [2.45, 2.75) is 74.4 Å². The Morgan fingerprint density at radius 3 is 2.24 bits per heavy atom. The topological polar surface area (TPSA) is 105 Å². The first-order valence-electron chi connectivity index (χ1n) is 15.3. The molecule has 0 spiro atoms. The van der Waals surface area contributed by atoms with Gasteiger partial charge in [0.15, 0.2) is 0 Å². The quantitative estimate of drug-likeness (QED) is 0.204. The Morgan fingerprint density at radius 2 is 1.64 bits per heavy atom. The van der Waals surface area contributed by atoms with Crippen molar-refractivity contribution in [1.82, 2.24) is 10.2 Å². The van der Waals surface area contributed by atoms with Crippen LogP contribution in [0.5, 0.6) is 11.5 Å². The number of nitrogens with one attached hydrogen (secondary N) is 1. The third-order valence-electron chi connectivity index (χ3n) is 7.96. The van der Waals surface area contributed by atoms with Crippen molar-refractivity contribution in [2.75, 3.05) is 30.8 Å². The number of sulfonamides is 1. The summed E-state index contributed by atoms with van der Waals surface area (Å²) < 4.78 is 40.8. The zero-order valence-corrected chi connectivity index (χ0v) is 28.0. The van der Waals surface area contributed by atoms with Gasteiger partial charge >= 0.3 is 0 Å². The molecule has 1 fully saturated rings. The number of hydrogen-bond donors (Lipinski definition) is 1. The minimum absolute atomic E-state index is 0.0483. The van der Waals surface area contributed by atoms with Crippen molar-refractivity contribution in [2.24, 2.45) is 0 Å². The first-order valence-corrected chi connectivity index (χ1v) is 18.0.